The molecule has 0 saturated carbocycles. The summed E-state index contributed by atoms with van der Waals surface area (Å²) in [5, 5.41) is 14.0. The number of amides is 1. The second kappa shape index (κ2) is 7.43. The molecule has 0 unspecified atom stereocenters. The normalized spacial score (nSPS) is 16.5. The number of halogens is 1. The monoisotopic (exact) mass is 415 g/mol. The molecule has 1 amide bonds. The molecule has 1 saturated heterocycles. The average Bonchev–Trinajstić information content (AvgIpc) is 3.24. The van der Waals surface area contributed by atoms with E-state index in [1.807, 2.05) is 6.07 Å². The molecule has 1 fully saturated rings. The summed E-state index contributed by atoms with van der Waals surface area (Å²) in [5.41, 5.74) is 0.438. The highest BCUT2D eigenvalue weighted by molar-refractivity contribution is 7.91. The highest BCUT2D eigenvalue weighted by Crippen LogP contribution is 2.31. The van der Waals surface area contributed by atoms with Crippen LogP contribution in [-0.4, -0.2) is 31.7 Å². The fourth-order valence-electron chi connectivity index (χ4n) is 2.63. The lowest BCUT2D eigenvalue weighted by Gasteiger charge is -2.30. The minimum absolute atomic E-state index is 0.171. The predicted molar refractivity (Wildman–Crippen MR) is 98.5 cm³/mol. The molecule has 2 aromatic heterocycles. The van der Waals surface area contributed by atoms with Gasteiger partial charge >= 0.3 is 0 Å². The topological polar surface area (TPSA) is 90.3 Å². The first-order valence-electron chi connectivity index (χ1n) is 7.46. The van der Waals surface area contributed by atoms with Crippen molar-refractivity contribution < 1.29 is 13.2 Å². The summed E-state index contributed by atoms with van der Waals surface area (Å²) in [6.07, 6.45) is 0.884. The van der Waals surface area contributed by atoms with Crippen LogP contribution in [0.5, 0.6) is 0 Å². The van der Waals surface area contributed by atoms with E-state index in [-0.39, 0.29) is 29.1 Å². The van der Waals surface area contributed by atoms with E-state index < -0.39 is 10.0 Å². The van der Waals surface area contributed by atoms with Gasteiger partial charge in [0.05, 0.1) is 9.90 Å². The number of anilines is 1. The van der Waals surface area contributed by atoms with Gasteiger partial charge in [-0.15, -0.1) is 22.7 Å². The van der Waals surface area contributed by atoms with Crippen LogP contribution in [0.15, 0.2) is 27.8 Å². The molecule has 0 bridgehead atoms. The molecular formula is C15H14ClN3O3S3. The molecule has 10 heteroatoms. The maximum atomic E-state index is 12.6. The minimum atomic E-state index is -3.56. The van der Waals surface area contributed by atoms with Gasteiger partial charge in [0, 0.05) is 19.0 Å². The first-order valence-corrected chi connectivity index (χ1v) is 11.0. The number of piperidine rings is 1. The molecule has 1 aliphatic rings. The Kier molecular flexibility index (Phi) is 5.46. The van der Waals surface area contributed by atoms with Gasteiger partial charge in [0.1, 0.15) is 15.3 Å². The van der Waals surface area contributed by atoms with E-state index >= 15 is 0 Å². The van der Waals surface area contributed by atoms with Crippen LogP contribution < -0.4 is 5.32 Å². The highest BCUT2D eigenvalue weighted by Gasteiger charge is 2.33. The van der Waals surface area contributed by atoms with Crippen LogP contribution in [-0.2, 0) is 14.8 Å². The minimum Gasteiger partial charge on any atom is -0.316 e. The van der Waals surface area contributed by atoms with Crippen molar-refractivity contribution in [1.29, 1.82) is 5.26 Å². The Morgan fingerprint density at radius 3 is 2.64 bits per heavy atom. The van der Waals surface area contributed by atoms with Crippen LogP contribution in [0.1, 0.15) is 18.4 Å². The molecular weight excluding hydrogens is 402 g/mol. The summed E-state index contributed by atoms with van der Waals surface area (Å²) in [4.78, 5) is 12.4. The molecule has 0 spiro atoms. The SMILES string of the molecule is N#Cc1ccsc1NC(=O)C1CCN(S(=O)(=O)c2ccc(Cl)s2)CC1. The van der Waals surface area contributed by atoms with Crippen LogP contribution in [0.4, 0.5) is 5.00 Å². The number of nitrogens with one attached hydrogen (secondary N) is 1. The Morgan fingerprint density at radius 1 is 1.32 bits per heavy atom. The third-order valence-corrected chi connectivity index (χ3v) is 8.42. The third kappa shape index (κ3) is 3.88. The number of thiophene rings is 2. The van der Waals surface area contributed by atoms with Crippen LogP contribution in [0, 0.1) is 17.2 Å². The van der Waals surface area contributed by atoms with Crippen LogP contribution in [0.3, 0.4) is 0 Å². The number of hydrogen-bond donors (Lipinski definition) is 1. The van der Waals surface area contributed by atoms with Gasteiger partial charge in [-0.1, -0.05) is 11.6 Å². The molecule has 0 aliphatic carbocycles. The molecule has 1 aliphatic heterocycles. The zero-order chi connectivity index (χ0) is 18.0. The summed E-state index contributed by atoms with van der Waals surface area (Å²) in [7, 11) is -3.56. The number of sulfonamides is 1. The van der Waals surface area contributed by atoms with Gasteiger partial charge in [0.25, 0.3) is 10.0 Å². The van der Waals surface area contributed by atoms with Crippen LogP contribution >= 0.6 is 34.3 Å². The smallest absolute Gasteiger partial charge is 0.252 e. The summed E-state index contributed by atoms with van der Waals surface area (Å²) >= 11 is 8.15. The van der Waals surface area contributed by atoms with E-state index in [2.05, 4.69) is 5.32 Å². The maximum absolute atomic E-state index is 12.6. The lowest BCUT2D eigenvalue weighted by molar-refractivity contribution is -0.120. The number of carbonyl (C=O) groups excluding carboxylic acids is 1. The largest absolute Gasteiger partial charge is 0.316 e. The van der Waals surface area contributed by atoms with E-state index in [1.54, 1.807) is 17.5 Å². The molecule has 25 heavy (non-hydrogen) atoms. The maximum Gasteiger partial charge on any atom is 0.252 e. The predicted octanol–water partition coefficient (Wildman–Crippen LogP) is 3.37. The second-order valence-electron chi connectivity index (χ2n) is 5.50. The van der Waals surface area contributed by atoms with Gasteiger partial charge in [-0.3, -0.25) is 4.79 Å². The zero-order valence-corrected chi connectivity index (χ0v) is 16.1. The molecule has 3 heterocycles. The van der Waals surface area contributed by atoms with Crippen molar-refractivity contribution in [3.05, 3.63) is 33.5 Å². The van der Waals surface area contributed by atoms with Crippen molar-refractivity contribution in [2.75, 3.05) is 18.4 Å². The van der Waals surface area contributed by atoms with E-state index in [4.69, 9.17) is 16.9 Å². The second-order valence-corrected chi connectivity index (χ2v) is 10.3. The molecule has 0 aromatic carbocycles. The van der Waals surface area contributed by atoms with Crippen molar-refractivity contribution in [1.82, 2.24) is 4.31 Å². The lowest BCUT2D eigenvalue weighted by Crippen LogP contribution is -2.41. The van der Waals surface area contributed by atoms with Gasteiger partial charge in [0.15, 0.2) is 0 Å². The first-order chi connectivity index (χ1) is 11.9. The molecule has 2 aromatic rings. The van der Waals surface area contributed by atoms with Gasteiger partial charge in [-0.05, 0) is 36.4 Å². The van der Waals surface area contributed by atoms with Crippen molar-refractivity contribution in [2.24, 2.45) is 5.92 Å². The van der Waals surface area contributed by atoms with E-state index in [1.165, 1.54) is 21.7 Å². The van der Waals surface area contributed by atoms with Crippen molar-refractivity contribution in [3.63, 3.8) is 0 Å². The number of rotatable bonds is 4. The Hall–Kier alpha value is -1.44. The lowest BCUT2D eigenvalue weighted by atomic mass is 9.97. The molecule has 6 nitrogen and oxygen atoms in total. The first kappa shape index (κ1) is 18.4. The summed E-state index contributed by atoms with van der Waals surface area (Å²) < 4.78 is 27.2. The quantitative estimate of drug-likeness (QED) is 0.828. The fraction of sp³-hybridized carbons (Fsp3) is 0.333. The highest BCUT2D eigenvalue weighted by atomic mass is 35.5. The van der Waals surface area contributed by atoms with Gasteiger partial charge in [-0.2, -0.15) is 9.57 Å². The molecule has 132 valence electrons. The Balaban J connectivity index is 1.62. The van der Waals surface area contributed by atoms with Crippen molar-refractivity contribution in [3.8, 4) is 6.07 Å². The standard InChI is InChI=1S/C15H14ClN3O3S3/c16-12-1-2-13(24-12)25(21,22)19-6-3-10(4-7-19)14(20)18-15-11(9-17)5-8-23-15/h1-2,5,8,10H,3-4,6-7H2,(H,18,20). The molecule has 3 rings (SSSR count). The average molecular weight is 416 g/mol. The van der Waals surface area contributed by atoms with Crippen LogP contribution in [0.25, 0.3) is 0 Å². The zero-order valence-electron chi connectivity index (χ0n) is 12.9. The number of nitriles is 1. The summed E-state index contributed by atoms with van der Waals surface area (Å²) in [6, 6.07) is 6.75. The Morgan fingerprint density at radius 2 is 2.04 bits per heavy atom. The number of hydrogen-bond acceptors (Lipinski definition) is 6. The fourth-order valence-corrected chi connectivity index (χ4v) is 6.48. The Bertz CT molecular complexity index is 921. The molecule has 0 atom stereocenters. The number of nitrogens with zero attached hydrogens (tertiary/aromatic N) is 2. The number of carbonyl (C=O) groups is 1. The van der Waals surface area contributed by atoms with Crippen LogP contribution in [0.2, 0.25) is 4.34 Å². The van der Waals surface area contributed by atoms with E-state index in [0.717, 1.165) is 11.3 Å². The van der Waals surface area contributed by atoms with Crippen molar-refractivity contribution in [2.45, 2.75) is 17.1 Å². The van der Waals surface area contributed by atoms with Gasteiger partial charge in [-0.25, -0.2) is 8.42 Å². The van der Waals surface area contributed by atoms with Crippen molar-refractivity contribution >= 4 is 55.2 Å². The van der Waals surface area contributed by atoms with Gasteiger partial charge in [0.2, 0.25) is 5.91 Å². The third-order valence-electron chi connectivity index (χ3n) is 3.99. The summed E-state index contributed by atoms with van der Waals surface area (Å²) in [6.45, 7) is 0.566. The van der Waals surface area contributed by atoms with E-state index in [9.17, 15) is 13.2 Å². The van der Waals surface area contributed by atoms with Gasteiger partial charge < -0.3 is 5.32 Å². The Labute approximate surface area is 158 Å². The van der Waals surface area contributed by atoms with E-state index in [0.29, 0.717) is 27.7 Å². The molecule has 1 N–H and O–H groups in total. The summed E-state index contributed by atoms with van der Waals surface area (Å²) in [5.74, 6) is -0.442. The molecule has 0 radical (unpaired) electrons.